The Kier molecular flexibility index (Phi) is 5.41. The number of fused-ring (bicyclic) bond motifs is 9. The Morgan fingerprint density at radius 2 is 1.79 bits per heavy atom. The van der Waals surface area contributed by atoms with Crippen LogP contribution in [0, 0.1) is 5.92 Å². The highest BCUT2D eigenvalue weighted by Crippen LogP contribution is 2.37. The van der Waals surface area contributed by atoms with Gasteiger partial charge in [0.2, 0.25) is 0 Å². The van der Waals surface area contributed by atoms with E-state index in [9.17, 15) is 15.0 Å². The maximum atomic E-state index is 12.4. The summed E-state index contributed by atoms with van der Waals surface area (Å²) >= 11 is 0. The molecule has 4 heteroatoms. The smallest absolute Gasteiger partial charge is 0.334 e. The highest BCUT2D eigenvalue weighted by atomic mass is 16.6. The molecule has 3 rings (SSSR count). The van der Waals surface area contributed by atoms with Crippen LogP contribution in [-0.4, -0.2) is 33.0 Å². The van der Waals surface area contributed by atoms with Crippen molar-refractivity contribution in [2.75, 3.05) is 0 Å². The van der Waals surface area contributed by atoms with E-state index in [1.165, 1.54) is 0 Å². The van der Waals surface area contributed by atoms with E-state index in [-0.39, 0.29) is 11.9 Å². The summed E-state index contributed by atoms with van der Waals surface area (Å²) in [6.45, 7) is 7.52. The van der Waals surface area contributed by atoms with Gasteiger partial charge in [0.1, 0.15) is 5.60 Å². The van der Waals surface area contributed by atoms with E-state index >= 15 is 0 Å². The molecule has 2 bridgehead atoms. The zero-order chi connectivity index (χ0) is 18.0. The molecule has 24 heavy (non-hydrogen) atoms. The second-order valence-electron chi connectivity index (χ2n) is 7.92. The van der Waals surface area contributed by atoms with Crippen molar-refractivity contribution < 1.29 is 19.7 Å². The third kappa shape index (κ3) is 4.58. The molecule has 0 amide bonds. The van der Waals surface area contributed by atoms with Gasteiger partial charge in [0.25, 0.3) is 0 Å². The van der Waals surface area contributed by atoms with Gasteiger partial charge in [-0.2, -0.15) is 0 Å². The van der Waals surface area contributed by atoms with Gasteiger partial charge >= 0.3 is 5.97 Å². The average molecular weight is 334 g/mol. The van der Waals surface area contributed by atoms with Crippen LogP contribution in [0.1, 0.15) is 59.8 Å². The topological polar surface area (TPSA) is 66.8 Å². The lowest BCUT2D eigenvalue weighted by Gasteiger charge is -2.39. The lowest BCUT2D eigenvalue weighted by molar-refractivity contribution is -0.159. The number of carbonyl (C=O) groups is 1. The number of hydrogen-bond donors (Lipinski definition) is 2. The summed E-state index contributed by atoms with van der Waals surface area (Å²) in [5.74, 6) is -0.161. The second-order valence-corrected chi connectivity index (χ2v) is 7.92. The van der Waals surface area contributed by atoms with Crippen molar-refractivity contribution in [3.8, 4) is 0 Å². The maximum Gasteiger partial charge on any atom is 0.334 e. The largest absolute Gasteiger partial charge is 0.451 e. The Balaban J connectivity index is 2.39. The van der Waals surface area contributed by atoms with E-state index in [4.69, 9.17) is 4.74 Å². The first-order valence-corrected chi connectivity index (χ1v) is 8.81. The van der Waals surface area contributed by atoms with Crippen LogP contribution in [0.3, 0.4) is 0 Å². The SMILES string of the molecule is CC(C)[C@@]12/C=C\[C@@](C)(O)C/C=C\[C@](C)(O)CC/C=C(\CC1)C(=O)O2. The molecule has 134 valence electrons. The Hall–Kier alpha value is -1.39. The molecular weight excluding hydrogens is 304 g/mol. The van der Waals surface area contributed by atoms with Crippen molar-refractivity contribution in [2.24, 2.45) is 5.92 Å². The lowest BCUT2D eigenvalue weighted by Crippen LogP contribution is -2.43. The molecule has 0 aromatic rings. The molecule has 4 nitrogen and oxygen atoms in total. The van der Waals surface area contributed by atoms with Crippen molar-refractivity contribution in [3.05, 3.63) is 36.0 Å². The first-order valence-electron chi connectivity index (χ1n) is 8.81. The molecule has 0 unspecified atom stereocenters. The summed E-state index contributed by atoms with van der Waals surface area (Å²) in [4.78, 5) is 12.4. The Morgan fingerprint density at radius 3 is 2.42 bits per heavy atom. The maximum absolute atomic E-state index is 12.4. The molecule has 2 heterocycles. The predicted octanol–water partition coefficient (Wildman–Crippen LogP) is 3.44. The lowest BCUT2D eigenvalue weighted by atomic mass is 9.80. The fraction of sp³-hybridized carbons (Fsp3) is 0.650. The fourth-order valence-corrected chi connectivity index (χ4v) is 3.18. The van der Waals surface area contributed by atoms with Crippen LogP contribution in [0.2, 0.25) is 0 Å². The Labute approximate surface area is 144 Å². The number of hydrogen-bond acceptors (Lipinski definition) is 4. The van der Waals surface area contributed by atoms with Gasteiger partial charge in [0.05, 0.1) is 11.2 Å². The van der Waals surface area contributed by atoms with Gasteiger partial charge in [-0.25, -0.2) is 4.79 Å². The normalized spacial score (nSPS) is 42.8. The second kappa shape index (κ2) is 6.85. The summed E-state index contributed by atoms with van der Waals surface area (Å²) in [6.07, 6.45) is 11.9. The molecule has 3 aliphatic rings. The Morgan fingerprint density at radius 1 is 1.08 bits per heavy atom. The summed E-state index contributed by atoms with van der Waals surface area (Å²) < 4.78 is 5.80. The first-order chi connectivity index (χ1) is 11.1. The monoisotopic (exact) mass is 334 g/mol. The van der Waals surface area contributed by atoms with Gasteiger partial charge in [0.15, 0.2) is 0 Å². The molecule has 0 aromatic heterocycles. The summed E-state index contributed by atoms with van der Waals surface area (Å²) in [5, 5.41) is 20.9. The van der Waals surface area contributed by atoms with Crippen molar-refractivity contribution in [2.45, 2.75) is 76.6 Å². The van der Waals surface area contributed by atoms with Crippen LogP contribution in [0.4, 0.5) is 0 Å². The van der Waals surface area contributed by atoms with E-state index in [0.29, 0.717) is 37.7 Å². The molecule has 0 radical (unpaired) electrons. The number of aliphatic hydroxyl groups is 2. The van der Waals surface area contributed by atoms with Crippen LogP contribution < -0.4 is 0 Å². The van der Waals surface area contributed by atoms with Gasteiger partial charge in [-0.05, 0) is 57.9 Å². The van der Waals surface area contributed by atoms with E-state index in [1.54, 1.807) is 26.0 Å². The number of carbonyl (C=O) groups excluding carboxylic acids is 1. The van der Waals surface area contributed by atoms with Gasteiger partial charge in [-0.3, -0.25) is 0 Å². The van der Waals surface area contributed by atoms with Crippen LogP contribution in [0.25, 0.3) is 0 Å². The minimum atomic E-state index is -1.05. The quantitative estimate of drug-likeness (QED) is 0.569. The van der Waals surface area contributed by atoms with Crippen molar-refractivity contribution >= 4 is 5.97 Å². The Bertz CT molecular complexity index is 566. The number of allylic oxidation sites excluding steroid dienone is 1. The third-order valence-electron chi connectivity index (χ3n) is 5.08. The van der Waals surface area contributed by atoms with Gasteiger partial charge in [0, 0.05) is 5.57 Å². The van der Waals surface area contributed by atoms with Crippen LogP contribution in [-0.2, 0) is 9.53 Å². The van der Waals surface area contributed by atoms with Crippen molar-refractivity contribution in [1.82, 2.24) is 0 Å². The molecule has 1 saturated heterocycles. The van der Waals surface area contributed by atoms with Gasteiger partial charge < -0.3 is 14.9 Å². The fourth-order valence-electron chi connectivity index (χ4n) is 3.18. The van der Waals surface area contributed by atoms with E-state index in [1.807, 2.05) is 32.1 Å². The van der Waals surface area contributed by atoms with Crippen LogP contribution in [0.5, 0.6) is 0 Å². The molecule has 0 saturated carbocycles. The van der Waals surface area contributed by atoms with E-state index in [0.717, 1.165) is 0 Å². The minimum absolute atomic E-state index is 0.124. The minimum Gasteiger partial charge on any atom is -0.451 e. The molecule has 2 aliphatic heterocycles. The van der Waals surface area contributed by atoms with Crippen molar-refractivity contribution in [3.63, 3.8) is 0 Å². The van der Waals surface area contributed by atoms with Gasteiger partial charge in [-0.15, -0.1) is 0 Å². The zero-order valence-corrected chi connectivity index (χ0v) is 15.2. The first kappa shape index (κ1) is 18.9. The molecule has 0 spiro atoms. The molecule has 1 aliphatic carbocycles. The summed E-state index contributed by atoms with van der Waals surface area (Å²) in [6, 6.07) is 0. The molecular formula is C20H30O4. The number of rotatable bonds is 1. The summed E-state index contributed by atoms with van der Waals surface area (Å²) in [5.41, 5.74) is -2.00. The van der Waals surface area contributed by atoms with E-state index in [2.05, 4.69) is 0 Å². The average Bonchev–Trinajstić information content (AvgIpc) is 2.46. The van der Waals surface area contributed by atoms with Crippen LogP contribution >= 0.6 is 0 Å². The predicted molar refractivity (Wildman–Crippen MR) is 94.4 cm³/mol. The summed E-state index contributed by atoms with van der Waals surface area (Å²) in [7, 11) is 0. The standard InChI is InChI=1S/C20H30O4/c1-15(2)20-12-8-16(17(21)24-20)7-5-9-18(3,22)10-6-11-19(4,23)13-14-20/h6-7,10,13-15,22-23H,5,8-9,11-12H2,1-4H3/b10-6-,14-13-,16-7+/t18-,19+,20+/m1/s1. The van der Waals surface area contributed by atoms with E-state index < -0.39 is 16.8 Å². The van der Waals surface area contributed by atoms with Crippen molar-refractivity contribution in [1.29, 1.82) is 0 Å². The van der Waals surface area contributed by atoms with Crippen LogP contribution in [0.15, 0.2) is 36.0 Å². The van der Waals surface area contributed by atoms with Gasteiger partial charge in [-0.1, -0.05) is 38.2 Å². The molecule has 3 atom stereocenters. The third-order valence-corrected chi connectivity index (χ3v) is 5.08. The molecule has 2 N–H and O–H groups in total. The molecule has 1 fully saturated rings. The molecule has 0 aromatic carbocycles. The highest BCUT2D eigenvalue weighted by molar-refractivity contribution is 5.89. The zero-order valence-electron chi connectivity index (χ0n) is 15.2. The number of ether oxygens (including phenoxy) is 1. The number of esters is 1. The highest BCUT2D eigenvalue weighted by Gasteiger charge is 2.40.